The molecule has 0 radical (unpaired) electrons. The molecule has 0 bridgehead atoms. The van der Waals surface area contributed by atoms with Crippen LogP contribution in [-0.2, 0) is 4.79 Å². The smallest absolute Gasteiger partial charge is 0.217 e. The minimum atomic E-state index is 0.0917. The van der Waals surface area contributed by atoms with E-state index in [1.807, 2.05) is 12.1 Å². The van der Waals surface area contributed by atoms with Gasteiger partial charge in [0.25, 0.3) is 0 Å². The zero-order valence-electron chi connectivity index (χ0n) is 14.4. The number of carbonyl (C=O) groups is 1. The predicted octanol–water partition coefficient (Wildman–Crippen LogP) is 3.35. The van der Waals surface area contributed by atoms with E-state index in [4.69, 9.17) is 11.6 Å². The highest BCUT2D eigenvalue weighted by Crippen LogP contribution is 2.28. The third-order valence-corrected chi connectivity index (χ3v) is 5.54. The van der Waals surface area contributed by atoms with E-state index < -0.39 is 0 Å². The molecule has 24 heavy (non-hydrogen) atoms. The van der Waals surface area contributed by atoms with Crippen molar-refractivity contribution < 1.29 is 4.79 Å². The highest BCUT2D eigenvalue weighted by Gasteiger charge is 2.26. The summed E-state index contributed by atoms with van der Waals surface area (Å²) in [4.78, 5) is 13.6. The van der Waals surface area contributed by atoms with Crippen LogP contribution in [0, 0.1) is 0 Å². The second kappa shape index (κ2) is 8.21. The van der Waals surface area contributed by atoms with Crippen LogP contribution in [0.2, 0.25) is 5.02 Å². The summed E-state index contributed by atoms with van der Waals surface area (Å²) in [5, 5.41) is 7.75. The molecule has 5 heteroatoms. The summed E-state index contributed by atoms with van der Waals surface area (Å²) < 4.78 is 0. The Balaban J connectivity index is 1.50. The number of amides is 1. The van der Waals surface area contributed by atoms with E-state index in [1.54, 1.807) is 6.92 Å². The van der Waals surface area contributed by atoms with E-state index >= 15 is 0 Å². The van der Waals surface area contributed by atoms with E-state index in [9.17, 15) is 4.79 Å². The average Bonchev–Trinajstić information content (AvgIpc) is 2.57. The molecule has 0 aromatic heterocycles. The first-order valence-corrected chi connectivity index (χ1v) is 9.52. The van der Waals surface area contributed by atoms with Crippen LogP contribution >= 0.6 is 11.6 Å². The molecular weight excluding hydrogens is 322 g/mol. The Morgan fingerprint density at radius 1 is 1.08 bits per heavy atom. The maximum absolute atomic E-state index is 11.2. The van der Waals surface area contributed by atoms with Crippen molar-refractivity contribution in [1.82, 2.24) is 10.6 Å². The van der Waals surface area contributed by atoms with Gasteiger partial charge in [0, 0.05) is 38.1 Å². The van der Waals surface area contributed by atoms with E-state index in [-0.39, 0.29) is 5.91 Å². The van der Waals surface area contributed by atoms with Gasteiger partial charge in [0.15, 0.2) is 0 Å². The molecule has 1 atom stereocenters. The van der Waals surface area contributed by atoms with Gasteiger partial charge in [-0.15, -0.1) is 0 Å². The Bertz CT molecular complexity index is 557. The lowest BCUT2D eigenvalue weighted by Gasteiger charge is -2.38. The third-order valence-electron chi connectivity index (χ3n) is 5.22. The maximum Gasteiger partial charge on any atom is 0.217 e. The van der Waals surface area contributed by atoms with Gasteiger partial charge in [0.1, 0.15) is 0 Å². The summed E-state index contributed by atoms with van der Waals surface area (Å²) in [6.07, 6.45) is 6.88. The highest BCUT2D eigenvalue weighted by atomic mass is 35.5. The fourth-order valence-corrected chi connectivity index (χ4v) is 4.32. The zero-order chi connectivity index (χ0) is 16.9. The van der Waals surface area contributed by atoms with Gasteiger partial charge >= 0.3 is 0 Å². The molecule has 132 valence electrons. The largest absolute Gasteiger partial charge is 0.369 e. The van der Waals surface area contributed by atoms with Crippen LogP contribution in [-0.4, -0.2) is 37.1 Å². The van der Waals surface area contributed by atoms with Gasteiger partial charge in [-0.05, 0) is 50.7 Å². The molecule has 0 unspecified atom stereocenters. The molecule has 0 spiro atoms. The number of nitrogens with zero attached hydrogens (tertiary/aromatic N) is 1. The number of hydrogen-bond acceptors (Lipinski definition) is 3. The first-order chi connectivity index (χ1) is 11.6. The molecule has 2 aliphatic rings. The van der Waals surface area contributed by atoms with Crippen molar-refractivity contribution in [2.45, 2.75) is 63.6 Å². The SMILES string of the molecule is CC(=O)NC1CCC(N[C@H]2CCCN(c3ccccc3Cl)C2)CC1. The minimum Gasteiger partial charge on any atom is -0.369 e. The van der Waals surface area contributed by atoms with Crippen LogP contribution in [0.5, 0.6) is 0 Å². The molecular formula is C19H28ClN3O. The number of anilines is 1. The number of halogens is 1. The molecule has 1 saturated heterocycles. The van der Waals surface area contributed by atoms with Gasteiger partial charge in [-0.2, -0.15) is 0 Å². The number of nitrogens with one attached hydrogen (secondary N) is 2. The molecule has 1 aliphatic heterocycles. The summed E-state index contributed by atoms with van der Waals surface area (Å²) in [5.41, 5.74) is 1.15. The lowest BCUT2D eigenvalue weighted by molar-refractivity contribution is -0.119. The molecule has 1 aromatic carbocycles. The van der Waals surface area contributed by atoms with E-state index in [0.717, 1.165) is 49.5 Å². The number of hydrogen-bond donors (Lipinski definition) is 2. The Morgan fingerprint density at radius 2 is 1.79 bits per heavy atom. The van der Waals surface area contributed by atoms with Crippen LogP contribution in [0.1, 0.15) is 45.4 Å². The molecule has 1 heterocycles. The van der Waals surface area contributed by atoms with Crippen molar-refractivity contribution >= 4 is 23.2 Å². The quantitative estimate of drug-likeness (QED) is 0.876. The lowest BCUT2D eigenvalue weighted by Crippen LogP contribution is -2.51. The fourth-order valence-electron chi connectivity index (χ4n) is 4.07. The maximum atomic E-state index is 11.2. The number of piperidine rings is 1. The average molecular weight is 350 g/mol. The first kappa shape index (κ1) is 17.6. The fraction of sp³-hybridized carbons (Fsp3) is 0.632. The molecule has 2 fully saturated rings. The van der Waals surface area contributed by atoms with Crippen LogP contribution < -0.4 is 15.5 Å². The van der Waals surface area contributed by atoms with E-state index in [0.29, 0.717) is 18.1 Å². The molecule has 4 nitrogen and oxygen atoms in total. The van der Waals surface area contributed by atoms with Crippen LogP contribution in [0.25, 0.3) is 0 Å². The Morgan fingerprint density at radius 3 is 2.50 bits per heavy atom. The number of para-hydroxylation sites is 1. The Labute approximate surface area is 149 Å². The summed E-state index contributed by atoms with van der Waals surface area (Å²) in [7, 11) is 0. The van der Waals surface area contributed by atoms with Crippen molar-refractivity contribution in [2.75, 3.05) is 18.0 Å². The minimum absolute atomic E-state index is 0.0917. The second-order valence-corrected chi connectivity index (χ2v) is 7.56. The molecule has 1 aromatic rings. The van der Waals surface area contributed by atoms with Crippen molar-refractivity contribution in [3.63, 3.8) is 0 Å². The lowest BCUT2D eigenvalue weighted by atomic mass is 9.90. The molecule has 1 aliphatic carbocycles. The van der Waals surface area contributed by atoms with Gasteiger partial charge in [-0.3, -0.25) is 4.79 Å². The summed E-state index contributed by atoms with van der Waals surface area (Å²) in [6.45, 7) is 3.71. The number of benzene rings is 1. The van der Waals surface area contributed by atoms with Crippen LogP contribution in [0.15, 0.2) is 24.3 Å². The number of carbonyl (C=O) groups excluding carboxylic acids is 1. The predicted molar refractivity (Wildman–Crippen MR) is 99.7 cm³/mol. The van der Waals surface area contributed by atoms with Crippen molar-refractivity contribution in [2.24, 2.45) is 0 Å². The molecule has 2 N–H and O–H groups in total. The Hall–Kier alpha value is -1.26. The highest BCUT2D eigenvalue weighted by molar-refractivity contribution is 6.33. The second-order valence-electron chi connectivity index (χ2n) is 7.15. The van der Waals surface area contributed by atoms with Crippen molar-refractivity contribution in [3.8, 4) is 0 Å². The van der Waals surface area contributed by atoms with Gasteiger partial charge in [-0.1, -0.05) is 23.7 Å². The number of rotatable bonds is 4. The third kappa shape index (κ3) is 4.64. The van der Waals surface area contributed by atoms with Gasteiger partial charge in [0.05, 0.1) is 10.7 Å². The topological polar surface area (TPSA) is 44.4 Å². The van der Waals surface area contributed by atoms with Gasteiger partial charge < -0.3 is 15.5 Å². The molecule has 1 amide bonds. The standard InChI is InChI=1S/C19H28ClN3O/c1-14(24)21-15-8-10-16(11-9-15)22-17-5-4-12-23(13-17)19-7-3-2-6-18(19)20/h2-3,6-7,15-17,22H,4-5,8-13H2,1H3,(H,21,24)/t15?,16?,17-/m0/s1. The van der Waals surface area contributed by atoms with Crippen LogP contribution in [0.4, 0.5) is 5.69 Å². The van der Waals surface area contributed by atoms with E-state index in [1.165, 1.54) is 12.8 Å². The van der Waals surface area contributed by atoms with E-state index in [2.05, 4.69) is 27.7 Å². The van der Waals surface area contributed by atoms with Gasteiger partial charge in [0.2, 0.25) is 5.91 Å². The van der Waals surface area contributed by atoms with Crippen LogP contribution in [0.3, 0.4) is 0 Å². The van der Waals surface area contributed by atoms with Crippen molar-refractivity contribution in [1.29, 1.82) is 0 Å². The first-order valence-electron chi connectivity index (χ1n) is 9.14. The molecule has 3 rings (SSSR count). The van der Waals surface area contributed by atoms with Crippen molar-refractivity contribution in [3.05, 3.63) is 29.3 Å². The monoisotopic (exact) mass is 349 g/mol. The summed E-state index contributed by atoms with van der Waals surface area (Å²) in [5.74, 6) is 0.0917. The van der Waals surface area contributed by atoms with Gasteiger partial charge in [-0.25, -0.2) is 0 Å². The normalized spacial score (nSPS) is 27.8. The zero-order valence-corrected chi connectivity index (χ0v) is 15.2. The summed E-state index contributed by atoms with van der Waals surface area (Å²) >= 11 is 6.36. The Kier molecular flexibility index (Phi) is 6.01. The summed E-state index contributed by atoms with van der Waals surface area (Å²) in [6, 6.07) is 9.59. The molecule has 1 saturated carbocycles.